The predicted molar refractivity (Wildman–Crippen MR) is 68.3 cm³/mol. The first kappa shape index (κ1) is 11.0. The molecule has 3 N–H and O–H groups in total. The molecule has 5 nitrogen and oxygen atoms in total. The lowest BCUT2D eigenvalue weighted by Gasteiger charge is -2.23. The van der Waals surface area contributed by atoms with E-state index in [9.17, 15) is 4.79 Å². The van der Waals surface area contributed by atoms with Gasteiger partial charge in [0.15, 0.2) is 0 Å². The van der Waals surface area contributed by atoms with Crippen molar-refractivity contribution in [3.63, 3.8) is 0 Å². The van der Waals surface area contributed by atoms with Crippen molar-refractivity contribution in [2.75, 3.05) is 23.4 Å². The average molecular weight is 228 g/mol. The van der Waals surface area contributed by atoms with Crippen LogP contribution in [0, 0.1) is 12.3 Å². The van der Waals surface area contributed by atoms with E-state index < -0.39 is 6.03 Å². The third-order valence-electron chi connectivity index (χ3n) is 2.47. The highest BCUT2D eigenvalue weighted by atomic mass is 16.2. The zero-order valence-corrected chi connectivity index (χ0v) is 9.18. The van der Waals surface area contributed by atoms with Crippen LogP contribution in [0.15, 0.2) is 23.2 Å². The van der Waals surface area contributed by atoms with Gasteiger partial charge in [0.1, 0.15) is 6.67 Å². The minimum absolute atomic E-state index is 0.139. The molecule has 5 heteroatoms. The Bertz CT molecular complexity index is 516. The smallest absolute Gasteiger partial charge is 0.320 e. The van der Waals surface area contributed by atoms with E-state index in [4.69, 9.17) is 12.2 Å². The van der Waals surface area contributed by atoms with Crippen LogP contribution >= 0.6 is 0 Å². The molecule has 2 rings (SSSR count). The van der Waals surface area contributed by atoms with Gasteiger partial charge in [0.2, 0.25) is 0 Å². The van der Waals surface area contributed by atoms with Crippen molar-refractivity contribution in [1.29, 1.82) is 0 Å². The SMILES string of the molecule is C#CCN(C(N)=O)c1cccc2c1C=NCN2. The number of nitrogens with two attached hydrogens (primary N) is 1. The first-order valence-electron chi connectivity index (χ1n) is 5.11. The lowest BCUT2D eigenvalue weighted by molar-refractivity contribution is 0.254. The van der Waals surface area contributed by atoms with E-state index in [-0.39, 0.29) is 6.54 Å². The molecule has 0 spiro atoms. The van der Waals surface area contributed by atoms with Gasteiger partial charge in [-0.05, 0) is 12.1 Å². The molecular weight excluding hydrogens is 216 g/mol. The van der Waals surface area contributed by atoms with Crippen molar-refractivity contribution in [1.82, 2.24) is 0 Å². The van der Waals surface area contributed by atoms with Crippen molar-refractivity contribution >= 4 is 23.6 Å². The van der Waals surface area contributed by atoms with Gasteiger partial charge in [0.25, 0.3) is 0 Å². The number of rotatable bonds is 2. The molecule has 0 bridgehead atoms. The fourth-order valence-electron chi connectivity index (χ4n) is 1.72. The second-order valence-electron chi connectivity index (χ2n) is 3.51. The first-order valence-corrected chi connectivity index (χ1v) is 5.11. The van der Waals surface area contributed by atoms with Gasteiger partial charge in [0.05, 0.1) is 12.2 Å². The maximum absolute atomic E-state index is 11.4. The fraction of sp³-hybridized carbons (Fsp3) is 0.167. The summed E-state index contributed by atoms with van der Waals surface area (Å²) in [6.07, 6.45) is 6.95. The van der Waals surface area contributed by atoms with Crippen molar-refractivity contribution in [2.24, 2.45) is 10.7 Å². The molecular formula is C12H12N4O. The molecule has 1 aromatic carbocycles. The van der Waals surface area contributed by atoms with Crippen LogP contribution in [0.25, 0.3) is 0 Å². The van der Waals surface area contributed by atoms with Gasteiger partial charge in [-0.2, -0.15) is 0 Å². The number of primary amides is 1. The molecule has 0 unspecified atom stereocenters. The normalized spacial score (nSPS) is 12.2. The molecule has 17 heavy (non-hydrogen) atoms. The van der Waals surface area contributed by atoms with Gasteiger partial charge in [-0.3, -0.25) is 9.89 Å². The van der Waals surface area contributed by atoms with E-state index in [1.165, 1.54) is 4.90 Å². The van der Waals surface area contributed by atoms with Gasteiger partial charge in [-0.15, -0.1) is 6.42 Å². The first-order chi connectivity index (χ1) is 8.24. The molecule has 86 valence electrons. The Morgan fingerprint density at radius 2 is 2.47 bits per heavy atom. The number of urea groups is 1. The highest BCUT2D eigenvalue weighted by Gasteiger charge is 2.17. The Balaban J connectivity index is 2.48. The highest BCUT2D eigenvalue weighted by Crippen LogP contribution is 2.27. The molecule has 1 aromatic rings. The molecule has 1 heterocycles. The van der Waals surface area contributed by atoms with Crippen molar-refractivity contribution < 1.29 is 4.79 Å². The highest BCUT2D eigenvalue weighted by molar-refractivity contribution is 6.02. The summed E-state index contributed by atoms with van der Waals surface area (Å²) in [4.78, 5) is 16.8. The van der Waals surface area contributed by atoms with Crippen molar-refractivity contribution in [3.8, 4) is 12.3 Å². The summed E-state index contributed by atoms with van der Waals surface area (Å²) >= 11 is 0. The number of hydrogen-bond donors (Lipinski definition) is 2. The van der Waals surface area contributed by atoms with Crippen LogP contribution < -0.4 is 16.0 Å². The van der Waals surface area contributed by atoms with E-state index in [2.05, 4.69) is 16.2 Å². The minimum Gasteiger partial charge on any atom is -0.366 e. The molecule has 1 aliphatic rings. The summed E-state index contributed by atoms with van der Waals surface area (Å²) < 4.78 is 0. The third-order valence-corrected chi connectivity index (χ3v) is 2.47. The number of hydrogen-bond acceptors (Lipinski definition) is 3. The summed E-state index contributed by atoms with van der Waals surface area (Å²) in [5.41, 5.74) is 7.73. The lowest BCUT2D eigenvalue weighted by Crippen LogP contribution is -2.37. The van der Waals surface area contributed by atoms with E-state index in [1.807, 2.05) is 12.1 Å². The molecule has 2 amide bonds. The standard InChI is InChI=1S/C12H12N4O/c1-2-6-16(12(13)17)11-5-3-4-10-9(11)7-14-8-15-10/h1,3-5,7,15H,6,8H2,(H2,13,17). The number of nitrogens with one attached hydrogen (secondary N) is 1. The number of nitrogens with zero attached hydrogens (tertiary/aromatic N) is 2. The maximum atomic E-state index is 11.4. The van der Waals surface area contributed by atoms with E-state index in [1.54, 1.807) is 12.3 Å². The Hall–Kier alpha value is -2.48. The predicted octanol–water partition coefficient (Wildman–Crippen LogP) is 1.01. The van der Waals surface area contributed by atoms with Crippen LogP contribution in [0.2, 0.25) is 0 Å². The number of terminal acetylenes is 1. The summed E-state index contributed by atoms with van der Waals surface area (Å²) in [5, 5.41) is 3.11. The number of aliphatic imine (C=N–C) groups is 1. The molecule has 1 aliphatic heterocycles. The van der Waals surface area contributed by atoms with Crippen LogP contribution in [0.4, 0.5) is 16.2 Å². The van der Waals surface area contributed by atoms with Gasteiger partial charge in [0, 0.05) is 17.5 Å². The number of carbonyl (C=O) groups is 1. The third kappa shape index (κ3) is 2.06. The average Bonchev–Trinajstić information content (AvgIpc) is 2.35. The maximum Gasteiger partial charge on any atom is 0.320 e. The number of amides is 2. The zero-order chi connectivity index (χ0) is 12.3. The van der Waals surface area contributed by atoms with Gasteiger partial charge >= 0.3 is 6.03 Å². The summed E-state index contributed by atoms with van der Waals surface area (Å²) in [7, 11) is 0. The molecule has 0 aromatic heterocycles. The second kappa shape index (κ2) is 4.58. The molecule has 0 radical (unpaired) electrons. The number of fused-ring (bicyclic) bond motifs is 1. The van der Waals surface area contributed by atoms with Gasteiger partial charge < -0.3 is 11.1 Å². The quantitative estimate of drug-likeness (QED) is 0.741. The van der Waals surface area contributed by atoms with Crippen LogP contribution in [-0.4, -0.2) is 25.5 Å². The number of benzene rings is 1. The second-order valence-corrected chi connectivity index (χ2v) is 3.51. The van der Waals surface area contributed by atoms with Crippen LogP contribution in [-0.2, 0) is 0 Å². The van der Waals surface area contributed by atoms with E-state index in [0.29, 0.717) is 12.4 Å². The van der Waals surface area contributed by atoms with Gasteiger partial charge in [-0.25, -0.2) is 4.79 Å². The Labute approximate surface area is 99.3 Å². The molecule has 0 aliphatic carbocycles. The van der Waals surface area contributed by atoms with Crippen molar-refractivity contribution in [3.05, 3.63) is 23.8 Å². The lowest BCUT2D eigenvalue weighted by atomic mass is 10.1. The number of carbonyl (C=O) groups excluding carboxylic acids is 1. The summed E-state index contributed by atoms with van der Waals surface area (Å²) in [6, 6.07) is 4.97. The van der Waals surface area contributed by atoms with Crippen LogP contribution in [0.1, 0.15) is 5.56 Å². The van der Waals surface area contributed by atoms with Gasteiger partial charge in [-0.1, -0.05) is 12.0 Å². The van der Waals surface area contributed by atoms with Crippen LogP contribution in [0.5, 0.6) is 0 Å². The minimum atomic E-state index is -0.574. The fourth-order valence-corrected chi connectivity index (χ4v) is 1.72. The summed E-state index contributed by atoms with van der Waals surface area (Å²) in [5.74, 6) is 2.41. The Kier molecular flexibility index (Phi) is 2.97. The molecule has 0 atom stereocenters. The topological polar surface area (TPSA) is 70.7 Å². The largest absolute Gasteiger partial charge is 0.366 e. The summed E-state index contributed by atoms with van der Waals surface area (Å²) in [6.45, 7) is 0.668. The van der Waals surface area contributed by atoms with E-state index >= 15 is 0 Å². The molecule has 0 fully saturated rings. The molecule has 0 saturated heterocycles. The van der Waals surface area contributed by atoms with Crippen LogP contribution in [0.3, 0.4) is 0 Å². The number of anilines is 2. The zero-order valence-electron chi connectivity index (χ0n) is 9.18. The van der Waals surface area contributed by atoms with E-state index in [0.717, 1.165) is 11.3 Å². The Morgan fingerprint density at radius 1 is 1.65 bits per heavy atom. The monoisotopic (exact) mass is 228 g/mol. The van der Waals surface area contributed by atoms with Crippen molar-refractivity contribution in [2.45, 2.75) is 0 Å². The molecule has 0 saturated carbocycles. The Morgan fingerprint density at radius 3 is 3.18 bits per heavy atom.